The van der Waals surface area contributed by atoms with Gasteiger partial charge in [0.1, 0.15) is 6.04 Å². The average Bonchev–Trinajstić information content (AvgIpc) is 2.88. The van der Waals surface area contributed by atoms with Crippen LogP contribution < -0.4 is 5.32 Å². The van der Waals surface area contributed by atoms with Gasteiger partial charge in [0, 0.05) is 20.1 Å². The van der Waals surface area contributed by atoms with Gasteiger partial charge in [-0.1, -0.05) is 72.9 Å². The molecule has 3 rings (SSSR count). The predicted octanol–water partition coefficient (Wildman–Crippen LogP) is 5.10. The van der Waals surface area contributed by atoms with Crippen molar-refractivity contribution in [3.8, 4) is 0 Å². The molecule has 0 saturated heterocycles. The van der Waals surface area contributed by atoms with E-state index < -0.39 is 28.5 Å². The molecule has 0 spiro atoms. The zero-order valence-electron chi connectivity index (χ0n) is 21.1. The number of nitrogens with zero attached hydrogens (tertiary/aromatic N) is 2. The fourth-order valence-corrected chi connectivity index (χ4v) is 5.30. The number of rotatable bonds is 11. The van der Waals surface area contributed by atoms with Crippen LogP contribution in [0.25, 0.3) is 10.8 Å². The van der Waals surface area contributed by atoms with Gasteiger partial charge in [-0.25, -0.2) is 8.42 Å². The third kappa shape index (κ3) is 7.23. The van der Waals surface area contributed by atoms with Crippen molar-refractivity contribution in [3.05, 3.63) is 76.3 Å². The average molecular weight is 565 g/mol. The molecule has 1 N–H and O–H groups in total. The Bertz CT molecular complexity index is 1380. The largest absolute Gasteiger partial charge is 0.354 e. The Labute approximate surface area is 228 Å². The van der Waals surface area contributed by atoms with Crippen LogP contribution in [0.15, 0.2) is 65.6 Å². The minimum Gasteiger partial charge on any atom is -0.354 e. The number of carbonyl (C=O) groups is 2. The monoisotopic (exact) mass is 563 g/mol. The van der Waals surface area contributed by atoms with Gasteiger partial charge in [0.2, 0.25) is 21.8 Å². The van der Waals surface area contributed by atoms with E-state index in [0.29, 0.717) is 22.2 Å². The molecular weight excluding hydrogens is 533 g/mol. The molecular formula is C27H31Cl2N3O4S. The van der Waals surface area contributed by atoms with Crippen molar-refractivity contribution in [2.24, 2.45) is 0 Å². The normalized spacial score (nSPS) is 12.5. The summed E-state index contributed by atoms with van der Waals surface area (Å²) in [5.74, 6) is -0.835. The molecule has 0 fully saturated rings. The standard InChI is InChI=1S/C27H31Cl2N3O4S/c1-4-5-14-30-27(34)19(2)32(17-20-10-13-24(28)25(29)15-20)26(33)18-31(3)37(35,36)23-12-11-21-8-6-7-9-22(21)16-23/h6-13,15-16,19H,4-5,14,17-18H2,1-3H3,(H,30,34)/t19-/m1/s1. The van der Waals surface area contributed by atoms with Gasteiger partial charge < -0.3 is 10.2 Å². The Morgan fingerprint density at radius 1 is 0.973 bits per heavy atom. The van der Waals surface area contributed by atoms with E-state index in [4.69, 9.17) is 23.2 Å². The van der Waals surface area contributed by atoms with Crippen LogP contribution in [0, 0.1) is 0 Å². The van der Waals surface area contributed by atoms with E-state index in [1.54, 1.807) is 37.3 Å². The van der Waals surface area contributed by atoms with Crippen LogP contribution in [-0.4, -0.2) is 55.6 Å². The lowest BCUT2D eigenvalue weighted by molar-refractivity contribution is -0.140. The highest BCUT2D eigenvalue weighted by Gasteiger charge is 2.30. The van der Waals surface area contributed by atoms with Crippen LogP contribution in [-0.2, 0) is 26.2 Å². The van der Waals surface area contributed by atoms with Crippen molar-refractivity contribution in [1.29, 1.82) is 0 Å². The number of amides is 2. The number of carbonyl (C=O) groups excluding carboxylic acids is 2. The van der Waals surface area contributed by atoms with E-state index in [-0.39, 0.29) is 17.3 Å². The maximum Gasteiger partial charge on any atom is 0.243 e. The van der Waals surface area contributed by atoms with E-state index in [0.717, 1.165) is 27.9 Å². The first-order chi connectivity index (χ1) is 17.5. The summed E-state index contributed by atoms with van der Waals surface area (Å²) < 4.78 is 27.6. The number of benzene rings is 3. The smallest absolute Gasteiger partial charge is 0.243 e. The minimum absolute atomic E-state index is 0.0575. The number of nitrogens with one attached hydrogen (secondary N) is 1. The molecule has 37 heavy (non-hydrogen) atoms. The van der Waals surface area contributed by atoms with Crippen molar-refractivity contribution in [1.82, 2.24) is 14.5 Å². The summed E-state index contributed by atoms with van der Waals surface area (Å²) in [6.07, 6.45) is 1.73. The number of hydrogen-bond donors (Lipinski definition) is 1. The molecule has 3 aromatic carbocycles. The molecule has 10 heteroatoms. The fraction of sp³-hybridized carbons (Fsp3) is 0.333. The Hall–Kier alpha value is -2.65. The SMILES string of the molecule is CCCCNC(=O)[C@@H](C)N(Cc1ccc(Cl)c(Cl)c1)C(=O)CN(C)S(=O)(=O)c1ccc2ccccc2c1. The minimum atomic E-state index is -3.96. The van der Waals surface area contributed by atoms with Gasteiger partial charge >= 0.3 is 0 Å². The van der Waals surface area contributed by atoms with Crippen molar-refractivity contribution in [2.45, 2.75) is 44.2 Å². The summed E-state index contributed by atoms with van der Waals surface area (Å²) in [6.45, 7) is 3.74. The second-order valence-electron chi connectivity index (χ2n) is 8.86. The Kier molecular flexibility index (Phi) is 9.95. The number of fused-ring (bicyclic) bond motifs is 1. The number of halogens is 2. The summed E-state index contributed by atoms with van der Waals surface area (Å²) in [4.78, 5) is 27.7. The fourth-order valence-electron chi connectivity index (χ4n) is 3.83. The quantitative estimate of drug-likeness (QED) is 0.329. The van der Waals surface area contributed by atoms with Crippen LogP contribution >= 0.6 is 23.2 Å². The summed E-state index contributed by atoms with van der Waals surface area (Å²) in [6, 6.07) is 16.4. The molecule has 0 aliphatic rings. The molecule has 0 saturated carbocycles. The van der Waals surface area contributed by atoms with E-state index >= 15 is 0 Å². The van der Waals surface area contributed by atoms with Crippen LogP contribution in [0.5, 0.6) is 0 Å². The number of unbranched alkanes of at least 4 members (excludes halogenated alkanes) is 1. The summed E-state index contributed by atoms with van der Waals surface area (Å²) in [5.41, 5.74) is 0.663. The highest BCUT2D eigenvalue weighted by Crippen LogP contribution is 2.25. The first-order valence-corrected chi connectivity index (χ1v) is 14.2. The summed E-state index contributed by atoms with van der Waals surface area (Å²) >= 11 is 12.2. The number of hydrogen-bond acceptors (Lipinski definition) is 4. The molecule has 0 radical (unpaired) electrons. The Morgan fingerprint density at radius 3 is 2.35 bits per heavy atom. The summed E-state index contributed by atoms with van der Waals surface area (Å²) in [7, 11) is -2.61. The molecule has 0 aliphatic carbocycles. The maximum atomic E-state index is 13.5. The molecule has 198 valence electrons. The Morgan fingerprint density at radius 2 is 1.68 bits per heavy atom. The van der Waals surface area contributed by atoms with Gasteiger partial charge in [0.15, 0.2) is 0 Å². The van der Waals surface area contributed by atoms with Crippen LogP contribution in [0.1, 0.15) is 32.3 Å². The number of likely N-dealkylation sites (N-methyl/N-ethyl adjacent to an activating group) is 1. The van der Waals surface area contributed by atoms with Crippen molar-refractivity contribution < 1.29 is 18.0 Å². The van der Waals surface area contributed by atoms with Gasteiger partial charge in [0.25, 0.3) is 0 Å². The molecule has 0 unspecified atom stereocenters. The van der Waals surface area contributed by atoms with Gasteiger partial charge in [-0.05, 0) is 53.9 Å². The molecule has 3 aromatic rings. The van der Waals surface area contributed by atoms with Crippen molar-refractivity contribution in [3.63, 3.8) is 0 Å². The van der Waals surface area contributed by atoms with Crippen molar-refractivity contribution in [2.75, 3.05) is 20.1 Å². The highest BCUT2D eigenvalue weighted by molar-refractivity contribution is 7.89. The van der Waals surface area contributed by atoms with E-state index in [1.165, 1.54) is 18.0 Å². The lowest BCUT2D eigenvalue weighted by Crippen LogP contribution is -2.50. The second kappa shape index (κ2) is 12.7. The molecule has 7 nitrogen and oxygen atoms in total. The van der Waals surface area contributed by atoms with E-state index in [2.05, 4.69) is 5.32 Å². The van der Waals surface area contributed by atoms with E-state index in [1.807, 2.05) is 31.2 Å². The van der Waals surface area contributed by atoms with Gasteiger partial charge in [-0.15, -0.1) is 0 Å². The third-order valence-corrected chi connectivity index (χ3v) is 8.66. The Balaban J connectivity index is 1.84. The molecule has 2 amide bonds. The zero-order chi connectivity index (χ0) is 27.2. The molecule has 0 bridgehead atoms. The van der Waals surface area contributed by atoms with Crippen molar-refractivity contribution >= 4 is 55.8 Å². The molecule has 1 atom stereocenters. The first-order valence-electron chi connectivity index (χ1n) is 12.0. The van der Waals surface area contributed by atoms with Crippen LogP contribution in [0.4, 0.5) is 0 Å². The van der Waals surface area contributed by atoms with Gasteiger partial charge in [0.05, 0.1) is 21.5 Å². The van der Waals surface area contributed by atoms with Crippen LogP contribution in [0.2, 0.25) is 10.0 Å². The molecule has 0 aliphatic heterocycles. The van der Waals surface area contributed by atoms with Gasteiger partial charge in [-0.3, -0.25) is 9.59 Å². The predicted molar refractivity (Wildman–Crippen MR) is 148 cm³/mol. The van der Waals surface area contributed by atoms with Crippen LogP contribution in [0.3, 0.4) is 0 Å². The first kappa shape index (κ1) is 28.9. The number of sulfonamides is 1. The maximum absolute atomic E-state index is 13.5. The zero-order valence-corrected chi connectivity index (χ0v) is 23.4. The molecule has 0 heterocycles. The van der Waals surface area contributed by atoms with E-state index in [9.17, 15) is 18.0 Å². The van der Waals surface area contributed by atoms with Gasteiger partial charge in [-0.2, -0.15) is 4.31 Å². The molecule has 0 aromatic heterocycles. The highest BCUT2D eigenvalue weighted by atomic mass is 35.5. The summed E-state index contributed by atoms with van der Waals surface area (Å²) in [5, 5.41) is 5.22. The lowest BCUT2D eigenvalue weighted by Gasteiger charge is -2.30. The topological polar surface area (TPSA) is 86.8 Å². The lowest BCUT2D eigenvalue weighted by atomic mass is 10.1. The third-order valence-electron chi connectivity index (χ3n) is 6.12. The second-order valence-corrected chi connectivity index (χ2v) is 11.7.